The van der Waals surface area contributed by atoms with Crippen molar-refractivity contribution in [2.24, 2.45) is 5.92 Å². The van der Waals surface area contributed by atoms with Gasteiger partial charge in [0.2, 0.25) is 11.9 Å². The Hall–Kier alpha value is -3.19. The van der Waals surface area contributed by atoms with Crippen molar-refractivity contribution < 1.29 is 27.1 Å². The number of thiazole rings is 1. The average molecular weight is 609 g/mol. The zero-order chi connectivity index (χ0) is 31.2. The molecule has 0 saturated carbocycles. The molecule has 0 aliphatic carbocycles. The maximum atomic E-state index is 15.0. The van der Waals surface area contributed by atoms with Crippen molar-refractivity contribution in [1.29, 1.82) is 0 Å². The number of ether oxygens (including phenoxy) is 1. The molecule has 13 heteroatoms. The number of aryl methyl sites for hydroxylation is 1. The molecule has 0 bridgehead atoms. The van der Waals surface area contributed by atoms with Crippen molar-refractivity contribution in [2.45, 2.75) is 90.6 Å². The Labute approximate surface area is 246 Å². The fraction of sp³-hybridized carbons (Fsp3) is 0.552. The van der Waals surface area contributed by atoms with Crippen molar-refractivity contribution in [3.63, 3.8) is 0 Å². The van der Waals surface area contributed by atoms with E-state index in [0.717, 1.165) is 20.0 Å². The molecule has 1 fully saturated rings. The number of aromatic nitrogens is 4. The highest BCUT2D eigenvalue weighted by atomic mass is 32.1. The Morgan fingerprint density at radius 2 is 1.81 bits per heavy atom. The second kappa shape index (κ2) is 11.5. The predicted octanol–water partition coefficient (Wildman–Crippen LogP) is 6.49. The lowest BCUT2D eigenvalue weighted by molar-refractivity contribution is -0.181. The van der Waals surface area contributed by atoms with Gasteiger partial charge in [-0.3, -0.25) is 9.78 Å². The van der Waals surface area contributed by atoms with Gasteiger partial charge in [-0.2, -0.15) is 13.2 Å². The lowest BCUT2D eigenvalue weighted by atomic mass is 9.87. The Balaban J connectivity index is 1.58. The van der Waals surface area contributed by atoms with Crippen molar-refractivity contribution in [3.8, 4) is 10.4 Å². The van der Waals surface area contributed by atoms with E-state index in [-0.39, 0.29) is 35.3 Å². The van der Waals surface area contributed by atoms with Gasteiger partial charge in [0.05, 0.1) is 51.8 Å². The number of nitrogens with zero attached hydrogens (tertiary/aromatic N) is 4. The molecule has 0 spiro atoms. The van der Waals surface area contributed by atoms with Gasteiger partial charge in [0.25, 0.3) is 0 Å². The first-order valence-electron chi connectivity index (χ1n) is 13.6. The van der Waals surface area contributed by atoms with Crippen LogP contribution in [0, 0.1) is 18.7 Å². The number of rotatable bonds is 8. The molecule has 0 aromatic carbocycles. The van der Waals surface area contributed by atoms with Gasteiger partial charge >= 0.3 is 6.18 Å². The highest BCUT2D eigenvalue weighted by molar-refractivity contribution is 7.15. The van der Waals surface area contributed by atoms with E-state index < -0.39 is 35.0 Å². The maximum absolute atomic E-state index is 15.0. The lowest BCUT2D eigenvalue weighted by Gasteiger charge is -2.30. The molecule has 4 rings (SSSR count). The van der Waals surface area contributed by atoms with E-state index in [1.807, 2.05) is 34.6 Å². The van der Waals surface area contributed by atoms with Gasteiger partial charge in [0.15, 0.2) is 5.82 Å². The van der Waals surface area contributed by atoms with E-state index in [2.05, 4.69) is 30.6 Å². The minimum atomic E-state index is -4.46. The number of carbonyl (C=O) groups is 1. The molecular weight excluding hydrogens is 572 g/mol. The normalized spacial score (nSPS) is 19.5. The summed E-state index contributed by atoms with van der Waals surface area (Å²) in [5.74, 6) is -2.08. The Kier molecular flexibility index (Phi) is 8.67. The van der Waals surface area contributed by atoms with E-state index in [0.29, 0.717) is 27.7 Å². The summed E-state index contributed by atoms with van der Waals surface area (Å²) < 4.78 is 62.0. The molecule has 1 aliphatic rings. The number of pyridine rings is 1. The minimum absolute atomic E-state index is 0.0170. The summed E-state index contributed by atoms with van der Waals surface area (Å²) >= 11 is 1.32. The molecule has 4 atom stereocenters. The highest BCUT2D eigenvalue weighted by Gasteiger charge is 2.49. The number of halogens is 4. The fourth-order valence-electron chi connectivity index (χ4n) is 4.90. The molecular formula is C29H36F4N6O2S. The van der Waals surface area contributed by atoms with Crippen LogP contribution < -0.4 is 10.6 Å². The number of hydrogen-bond donors (Lipinski definition) is 2. The van der Waals surface area contributed by atoms with E-state index in [4.69, 9.17) is 4.74 Å². The number of anilines is 1. The monoisotopic (exact) mass is 608 g/mol. The molecule has 1 amide bonds. The Bertz CT molecular complexity index is 1450. The second-order valence-corrected chi connectivity index (χ2v) is 13.2. The van der Waals surface area contributed by atoms with E-state index >= 15 is 4.39 Å². The Morgan fingerprint density at radius 3 is 2.45 bits per heavy atom. The molecule has 3 aromatic heterocycles. The third-order valence-corrected chi connectivity index (χ3v) is 8.72. The molecule has 4 heterocycles. The summed E-state index contributed by atoms with van der Waals surface area (Å²) in [5, 5.41) is 6.56. The van der Waals surface area contributed by atoms with Crippen molar-refractivity contribution in [1.82, 2.24) is 25.3 Å². The summed E-state index contributed by atoms with van der Waals surface area (Å²) in [6.07, 6.45) is -2.40. The molecule has 42 heavy (non-hydrogen) atoms. The van der Waals surface area contributed by atoms with Crippen LogP contribution in [0.1, 0.15) is 82.5 Å². The molecule has 1 saturated heterocycles. The van der Waals surface area contributed by atoms with Crippen LogP contribution in [-0.4, -0.2) is 50.3 Å². The molecule has 228 valence electrons. The number of nitrogens with one attached hydrogen (secondary N) is 2. The van der Waals surface area contributed by atoms with Gasteiger partial charge in [-0.1, -0.05) is 0 Å². The van der Waals surface area contributed by atoms with Gasteiger partial charge in [0, 0.05) is 18.7 Å². The first-order valence-corrected chi connectivity index (χ1v) is 14.5. The van der Waals surface area contributed by atoms with Crippen LogP contribution in [0.5, 0.6) is 0 Å². The number of amides is 1. The van der Waals surface area contributed by atoms with Crippen LogP contribution in [0.15, 0.2) is 24.5 Å². The van der Waals surface area contributed by atoms with Crippen molar-refractivity contribution in [2.75, 3.05) is 11.9 Å². The zero-order valence-electron chi connectivity index (χ0n) is 24.9. The van der Waals surface area contributed by atoms with Crippen LogP contribution >= 0.6 is 11.3 Å². The second-order valence-electron chi connectivity index (χ2n) is 12.1. The molecule has 2 N–H and O–H groups in total. The summed E-state index contributed by atoms with van der Waals surface area (Å²) in [7, 11) is 0. The van der Waals surface area contributed by atoms with Crippen molar-refractivity contribution >= 4 is 23.2 Å². The molecule has 1 aliphatic heterocycles. The van der Waals surface area contributed by atoms with E-state index in [1.54, 1.807) is 13.0 Å². The SMILES string of the molecule is Cc1nc(C(C)Nc2ncc(F)c(C3C(=O)NC[C@@H]3[C@@H](C)OC(C)(C)C)n2)sc1-c1ccnc(C(C)(C)C(F)(F)F)c1. The quantitative estimate of drug-likeness (QED) is 0.282. The van der Waals surface area contributed by atoms with Crippen LogP contribution in [0.2, 0.25) is 0 Å². The predicted molar refractivity (Wildman–Crippen MR) is 153 cm³/mol. The molecule has 0 radical (unpaired) electrons. The summed E-state index contributed by atoms with van der Waals surface area (Å²) in [5.41, 5.74) is -1.45. The van der Waals surface area contributed by atoms with Gasteiger partial charge in [-0.15, -0.1) is 11.3 Å². The number of hydrogen-bond acceptors (Lipinski definition) is 8. The summed E-state index contributed by atoms with van der Waals surface area (Å²) in [6, 6.07) is 2.67. The molecule has 3 aromatic rings. The third kappa shape index (κ3) is 6.56. The topological polar surface area (TPSA) is 102 Å². The molecule has 8 nitrogen and oxygen atoms in total. The highest BCUT2D eigenvalue weighted by Crippen LogP contribution is 2.42. The fourth-order valence-corrected chi connectivity index (χ4v) is 5.97. The van der Waals surface area contributed by atoms with Crippen molar-refractivity contribution in [3.05, 3.63) is 52.4 Å². The van der Waals surface area contributed by atoms with Gasteiger partial charge in [-0.25, -0.2) is 19.3 Å². The lowest BCUT2D eigenvalue weighted by Crippen LogP contribution is -2.37. The van der Waals surface area contributed by atoms with Crippen LogP contribution in [-0.2, 0) is 14.9 Å². The minimum Gasteiger partial charge on any atom is -0.373 e. The van der Waals surface area contributed by atoms with E-state index in [9.17, 15) is 18.0 Å². The average Bonchev–Trinajstić information content (AvgIpc) is 3.46. The summed E-state index contributed by atoms with van der Waals surface area (Å²) in [6.45, 7) is 13.8. The number of alkyl halides is 3. The summed E-state index contributed by atoms with van der Waals surface area (Å²) in [4.78, 5) is 30.6. The van der Waals surface area contributed by atoms with Gasteiger partial charge in [0.1, 0.15) is 10.4 Å². The van der Waals surface area contributed by atoms with Gasteiger partial charge < -0.3 is 15.4 Å². The van der Waals surface area contributed by atoms with Gasteiger partial charge in [-0.05, 0) is 73.1 Å². The number of carbonyl (C=O) groups excluding carboxylic acids is 1. The Morgan fingerprint density at radius 1 is 1.12 bits per heavy atom. The largest absolute Gasteiger partial charge is 0.399 e. The van der Waals surface area contributed by atoms with Crippen LogP contribution in [0.3, 0.4) is 0 Å². The van der Waals surface area contributed by atoms with Crippen LogP contribution in [0.25, 0.3) is 10.4 Å². The standard InChI is InChI=1S/C29H36F4N6O2S/c1-14-23(17-9-10-34-20(11-17)28(7,8)29(31,32)33)42-25(37-14)15(2)38-26-36-13-19(30)22(39-26)21-18(12-35-24(21)40)16(3)41-27(4,5)6/h9-11,13,15-16,18,21H,12H2,1-8H3,(H,35,40)(H,36,38,39)/t15?,16-,18-,21?/m1/s1. The van der Waals surface area contributed by atoms with Crippen LogP contribution in [0.4, 0.5) is 23.5 Å². The third-order valence-electron chi connectivity index (χ3n) is 7.33. The zero-order valence-corrected chi connectivity index (χ0v) is 25.7. The smallest absolute Gasteiger partial charge is 0.373 e. The maximum Gasteiger partial charge on any atom is 0.399 e. The first kappa shape index (κ1) is 31.7. The first-order chi connectivity index (χ1) is 19.4. The van der Waals surface area contributed by atoms with E-state index in [1.165, 1.54) is 23.6 Å². The molecule has 2 unspecified atom stereocenters.